The Bertz CT molecular complexity index is 929. The van der Waals surface area contributed by atoms with Gasteiger partial charge >= 0.3 is 0 Å². The molecule has 1 aliphatic rings. The van der Waals surface area contributed by atoms with Crippen LogP contribution in [0.3, 0.4) is 0 Å². The Morgan fingerprint density at radius 3 is 2.69 bits per heavy atom. The van der Waals surface area contributed by atoms with Gasteiger partial charge in [-0.25, -0.2) is 4.99 Å². The van der Waals surface area contributed by atoms with Crippen LogP contribution in [0.4, 0.5) is 0 Å². The summed E-state index contributed by atoms with van der Waals surface area (Å²) in [5.41, 5.74) is 2.21. The van der Waals surface area contributed by atoms with E-state index < -0.39 is 0 Å². The van der Waals surface area contributed by atoms with Crippen LogP contribution in [0.5, 0.6) is 11.5 Å². The highest BCUT2D eigenvalue weighted by atomic mass is 35.5. The third-order valence-corrected chi connectivity index (χ3v) is 6.39. The fourth-order valence-corrected chi connectivity index (χ4v) is 4.64. The van der Waals surface area contributed by atoms with Crippen molar-refractivity contribution in [1.82, 2.24) is 0 Å². The van der Waals surface area contributed by atoms with Crippen LogP contribution in [0.1, 0.15) is 31.4 Å². The number of halogens is 1. The molecule has 0 saturated carbocycles. The molecule has 0 radical (unpaired) electrons. The molecule has 1 aliphatic heterocycles. The summed E-state index contributed by atoms with van der Waals surface area (Å²) in [7, 11) is 0. The van der Waals surface area contributed by atoms with Crippen molar-refractivity contribution >= 4 is 50.7 Å². The first-order valence-corrected chi connectivity index (χ1v) is 11.6. The molecule has 0 N–H and O–H groups in total. The van der Waals surface area contributed by atoms with Crippen molar-refractivity contribution in [3.8, 4) is 11.5 Å². The minimum absolute atomic E-state index is 0.0536. The van der Waals surface area contributed by atoms with Gasteiger partial charge in [0.15, 0.2) is 11.5 Å². The van der Waals surface area contributed by atoms with Gasteiger partial charge in [-0.2, -0.15) is 0 Å². The predicted molar refractivity (Wildman–Crippen MR) is 124 cm³/mol. The van der Waals surface area contributed by atoms with Crippen LogP contribution in [0, 0.1) is 0 Å². The lowest BCUT2D eigenvalue weighted by molar-refractivity contribution is -0.107. The van der Waals surface area contributed by atoms with E-state index in [0.717, 1.165) is 27.7 Å². The monoisotopic (exact) mass is 447 g/mol. The van der Waals surface area contributed by atoms with E-state index in [2.05, 4.69) is 11.9 Å². The van der Waals surface area contributed by atoms with E-state index in [-0.39, 0.29) is 5.12 Å². The highest BCUT2D eigenvalue weighted by molar-refractivity contribution is 8.45. The summed E-state index contributed by atoms with van der Waals surface area (Å²) >= 11 is 9.27. The number of carbonyl (C=O) groups excluding carboxylic acids is 1. The van der Waals surface area contributed by atoms with Gasteiger partial charge in [-0.15, -0.1) is 0 Å². The zero-order valence-corrected chi connectivity index (χ0v) is 18.7. The molecule has 0 aromatic heterocycles. The first-order valence-electron chi connectivity index (χ1n) is 9.39. The van der Waals surface area contributed by atoms with Gasteiger partial charge in [0.2, 0.25) is 5.12 Å². The second kappa shape index (κ2) is 10.8. The maximum absolute atomic E-state index is 12.3. The molecule has 0 spiro atoms. The largest absolute Gasteiger partial charge is 0.490 e. The Morgan fingerprint density at radius 1 is 1.17 bits per heavy atom. The van der Waals surface area contributed by atoms with Gasteiger partial charge in [0.1, 0.15) is 16.7 Å². The average molecular weight is 448 g/mol. The molecule has 0 atom stereocenters. The van der Waals surface area contributed by atoms with E-state index in [1.165, 1.54) is 11.8 Å². The van der Waals surface area contributed by atoms with E-state index in [9.17, 15) is 4.79 Å². The molecule has 1 heterocycles. The minimum Gasteiger partial charge on any atom is -0.490 e. The summed E-state index contributed by atoms with van der Waals surface area (Å²) in [5, 5.41) is 0.378. The number of hydrogen-bond acceptors (Lipinski definition) is 6. The number of benzene rings is 2. The Kier molecular flexibility index (Phi) is 8.09. The molecule has 0 unspecified atom stereocenters. The van der Waals surface area contributed by atoms with Gasteiger partial charge in [0.25, 0.3) is 0 Å². The lowest BCUT2D eigenvalue weighted by atomic mass is 10.1. The molecule has 3 rings (SSSR count). The van der Waals surface area contributed by atoms with Gasteiger partial charge in [0, 0.05) is 0 Å². The number of aliphatic imine (C=N–C) groups is 1. The Morgan fingerprint density at radius 2 is 1.97 bits per heavy atom. The molecule has 4 nitrogen and oxygen atoms in total. The lowest BCUT2D eigenvalue weighted by Crippen LogP contribution is -2.01. The first-order chi connectivity index (χ1) is 14.1. The van der Waals surface area contributed by atoms with Crippen molar-refractivity contribution in [2.24, 2.45) is 4.99 Å². The molecular formula is C22H22ClNO3S2. The number of carbonyl (C=O) groups is 1. The third-order valence-electron chi connectivity index (χ3n) is 3.89. The standard InChI is InChI=1S/C22H22ClNO3S2/c1-3-10-28-22-24-18(21(25)29-22)12-16-11-17(23)20(19(13-16)26-4-2)27-14-15-8-6-5-7-9-15/h5-9,11-13H,3-4,10,14H2,1-2H3/b18-12-. The number of hydrogen-bond donors (Lipinski definition) is 0. The van der Waals surface area contributed by atoms with E-state index in [4.69, 9.17) is 21.1 Å². The summed E-state index contributed by atoms with van der Waals surface area (Å²) in [4.78, 5) is 16.7. The summed E-state index contributed by atoms with van der Waals surface area (Å²) in [6.07, 6.45) is 2.78. The smallest absolute Gasteiger partial charge is 0.244 e. The van der Waals surface area contributed by atoms with E-state index in [1.54, 1.807) is 23.9 Å². The second-order valence-electron chi connectivity index (χ2n) is 6.18. The molecule has 0 amide bonds. The summed E-state index contributed by atoms with van der Waals surface area (Å²) < 4.78 is 12.5. The number of nitrogens with zero attached hydrogens (tertiary/aromatic N) is 1. The summed E-state index contributed by atoms with van der Waals surface area (Å²) in [6, 6.07) is 13.5. The Hall–Kier alpha value is -1.89. The molecule has 2 aromatic carbocycles. The average Bonchev–Trinajstić information content (AvgIpc) is 3.06. The number of thioether (sulfide) groups is 2. The minimum atomic E-state index is -0.0536. The lowest BCUT2D eigenvalue weighted by Gasteiger charge is -2.14. The number of ether oxygens (including phenoxy) is 2. The van der Waals surface area contributed by atoms with Crippen LogP contribution in [0.15, 0.2) is 53.2 Å². The normalized spacial score (nSPS) is 14.9. The molecule has 0 bridgehead atoms. The van der Waals surface area contributed by atoms with Crippen molar-refractivity contribution in [1.29, 1.82) is 0 Å². The zero-order chi connectivity index (χ0) is 20.6. The first kappa shape index (κ1) is 21.8. The summed E-state index contributed by atoms with van der Waals surface area (Å²) in [6.45, 7) is 4.87. The second-order valence-corrected chi connectivity index (χ2v) is 8.89. The molecular weight excluding hydrogens is 426 g/mol. The molecule has 0 aliphatic carbocycles. The SMILES string of the molecule is CCCSC1=N/C(=C\c2cc(Cl)c(OCc3ccccc3)c(OCC)c2)C(=O)S1. The van der Waals surface area contributed by atoms with Crippen LogP contribution < -0.4 is 9.47 Å². The van der Waals surface area contributed by atoms with Crippen molar-refractivity contribution in [2.45, 2.75) is 26.9 Å². The quantitative estimate of drug-likeness (QED) is 0.436. The molecule has 0 saturated heterocycles. The highest BCUT2D eigenvalue weighted by Crippen LogP contribution is 2.39. The summed E-state index contributed by atoms with van der Waals surface area (Å²) in [5.74, 6) is 1.99. The molecule has 0 fully saturated rings. The molecule has 2 aromatic rings. The van der Waals surface area contributed by atoms with Crippen LogP contribution in [0.25, 0.3) is 6.08 Å². The number of rotatable bonds is 8. The topological polar surface area (TPSA) is 47.9 Å². The molecule has 29 heavy (non-hydrogen) atoms. The fourth-order valence-electron chi connectivity index (χ4n) is 2.60. The van der Waals surface area contributed by atoms with Crippen LogP contribution in [-0.4, -0.2) is 21.9 Å². The van der Waals surface area contributed by atoms with E-state index in [1.807, 2.05) is 43.3 Å². The highest BCUT2D eigenvalue weighted by Gasteiger charge is 2.22. The van der Waals surface area contributed by atoms with Gasteiger partial charge < -0.3 is 9.47 Å². The van der Waals surface area contributed by atoms with Crippen molar-refractivity contribution in [3.05, 3.63) is 64.3 Å². The van der Waals surface area contributed by atoms with Crippen molar-refractivity contribution in [3.63, 3.8) is 0 Å². The maximum Gasteiger partial charge on any atom is 0.244 e. The molecule has 7 heteroatoms. The van der Waals surface area contributed by atoms with Gasteiger partial charge in [-0.05, 0) is 60.2 Å². The van der Waals surface area contributed by atoms with Crippen molar-refractivity contribution < 1.29 is 14.3 Å². The molecule has 152 valence electrons. The van der Waals surface area contributed by atoms with Crippen LogP contribution in [0.2, 0.25) is 5.02 Å². The maximum atomic E-state index is 12.3. The van der Waals surface area contributed by atoms with Crippen LogP contribution >= 0.6 is 35.1 Å². The fraction of sp³-hybridized carbons (Fsp3) is 0.273. The predicted octanol–water partition coefficient (Wildman–Crippen LogP) is 6.43. The Balaban J connectivity index is 1.83. The van der Waals surface area contributed by atoms with Gasteiger partial charge in [-0.3, -0.25) is 4.79 Å². The van der Waals surface area contributed by atoms with E-state index in [0.29, 0.717) is 35.4 Å². The third kappa shape index (κ3) is 6.04. The van der Waals surface area contributed by atoms with Crippen LogP contribution in [-0.2, 0) is 11.4 Å². The van der Waals surface area contributed by atoms with Gasteiger partial charge in [0.05, 0.1) is 11.6 Å². The van der Waals surface area contributed by atoms with Gasteiger partial charge in [-0.1, -0.05) is 60.6 Å². The zero-order valence-electron chi connectivity index (χ0n) is 16.3. The van der Waals surface area contributed by atoms with E-state index >= 15 is 0 Å². The van der Waals surface area contributed by atoms with Crippen molar-refractivity contribution in [2.75, 3.05) is 12.4 Å². The Labute approximate surface area is 184 Å².